The summed E-state index contributed by atoms with van der Waals surface area (Å²) in [6.45, 7) is 13.5. The Bertz CT molecular complexity index is 872. The molecule has 28 heavy (non-hydrogen) atoms. The normalized spacial score (nSPS) is 15.4. The molecule has 0 amide bonds. The predicted octanol–water partition coefficient (Wildman–Crippen LogP) is 2.69. The zero-order valence-electron chi connectivity index (χ0n) is 17.0. The minimum absolute atomic E-state index is 0.220. The summed E-state index contributed by atoms with van der Waals surface area (Å²) >= 11 is 0. The Morgan fingerprint density at radius 2 is 1.86 bits per heavy atom. The van der Waals surface area contributed by atoms with E-state index in [4.69, 9.17) is 5.73 Å². The van der Waals surface area contributed by atoms with Crippen LogP contribution in [0.4, 0.5) is 11.4 Å². The lowest BCUT2D eigenvalue weighted by molar-refractivity contribution is 0.280. The number of rotatable bonds is 6. The third kappa shape index (κ3) is 4.62. The van der Waals surface area contributed by atoms with E-state index < -0.39 is 0 Å². The Balaban J connectivity index is 1.54. The predicted molar refractivity (Wildman–Crippen MR) is 117 cm³/mol. The summed E-state index contributed by atoms with van der Waals surface area (Å²) in [7, 11) is 0. The van der Waals surface area contributed by atoms with Gasteiger partial charge in [-0.05, 0) is 51.9 Å². The van der Waals surface area contributed by atoms with Crippen LogP contribution in [0.25, 0.3) is 6.08 Å². The van der Waals surface area contributed by atoms with E-state index >= 15 is 0 Å². The number of aryl methyl sites for hydroxylation is 3. The standard InChI is InChI=1S/C22H31N5O/c1-4-20-18(3)24-27(22(28)21(20)23)14-6-12-25-11-5-13-26(16-15-25)19-9-7-17(2)8-10-19/h4,7-10H,1,5-6,11-16,23H2,2-3H3. The first-order valence-electron chi connectivity index (χ1n) is 10.0. The average molecular weight is 382 g/mol. The molecular weight excluding hydrogens is 350 g/mol. The maximum Gasteiger partial charge on any atom is 0.290 e. The van der Waals surface area contributed by atoms with Crippen LogP contribution in [0, 0.1) is 13.8 Å². The molecule has 1 aromatic heterocycles. The fourth-order valence-electron chi connectivity index (χ4n) is 3.79. The first-order chi connectivity index (χ1) is 13.5. The Morgan fingerprint density at radius 3 is 2.57 bits per heavy atom. The topological polar surface area (TPSA) is 67.4 Å². The molecular formula is C22H31N5O. The number of hydrogen-bond donors (Lipinski definition) is 1. The molecule has 150 valence electrons. The van der Waals surface area contributed by atoms with Gasteiger partial charge in [-0.1, -0.05) is 30.4 Å². The average Bonchev–Trinajstić information content (AvgIpc) is 2.92. The van der Waals surface area contributed by atoms with Crippen molar-refractivity contribution < 1.29 is 0 Å². The van der Waals surface area contributed by atoms with Gasteiger partial charge in [-0.2, -0.15) is 5.10 Å². The van der Waals surface area contributed by atoms with Crippen molar-refractivity contribution in [3.63, 3.8) is 0 Å². The molecule has 1 aromatic carbocycles. The number of anilines is 2. The maximum atomic E-state index is 12.4. The van der Waals surface area contributed by atoms with E-state index in [1.165, 1.54) is 15.9 Å². The van der Waals surface area contributed by atoms with Crippen LogP contribution in [-0.4, -0.2) is 47.4 Å². The number of nitrogen functional groups attached to an aromatic ring is 1. The molecule has 0 unspecified atom stereocenters. The van der Waals surface area contributed by atoms with Crippen LogP contribution in [0.2, 0.25) is 0 Å². The van der Waals surface area contributed by atoms with Gasteiger partial charge in [0.1, 0.15) is 5.69 Å². The molecule has 1 aliphatic heterocycles. The SMILES string of the molecule is C=Cc1c(C)nn(CCCN2CCCN(c3ccc(C)cc3)CC2)c(=O)c1N. The van der Waals surface area contributed by atoms with E-state index in [1.54, 1.807) is 6.08 Å². The summed E-state index contributed by atoms with van der Waals surface area (Å²) in [6.07, 6.45) is 3.62. The van der Waals surface area contributed by atoms with Gasteiger partial charge in [0.15, 0.2) is 0 Å². The van der Waals surface area contributed by atoms with Gasteiger partial charge in [0.25, 0.3) is 5.56 Å². The van der Waals surface area contributed by atoms with E-state index in [9.17, 15) is 4.79 Å². The first-order valence-corrected chi connectivity index (χ1v) is 10.0. The summed E-state index contributed by atoms with van der Waals surface area (Å²) < 4.78 is 1.49. The molecule has 2 N–H and O–H groups in total. The molecule has 6 heteroatoms. The van der Waals surface area contributed by atoms with Gasteiger partial charge in [0.05, 0.1) is 5.69 Å². The van der Waals surface area contributed by atoms with Gasteiger partial charge in [-0.3, -0.25) is 4.79 Å². The van der Waals surface area contributed by atoms with E-state index in [0.29, 0.717) is 12.1 Å². The Kier molecular flexibility index (Phi) is 6.52. The van der Waals surface area contributed by atoms with Crippen molar-refractivity contribution in [2.24, 2.45) is 0 Å². The van der Waals surface area contributed by atoms with Crippen molar-refractivity contribution in [3.8, 4) is 0 Å². The molecule has 1 saturated heterocycles. The van der Waals surface area contributed by atoms with Crippen molar-refractivity contribution in [2.75, 3.05) is 43.4 Å². The second-order valence-electron chi connectivity index (χ2n) is 7.52. The molecule has 3 rings (SSSR count). The number of nitrogens with zero attached hydrogens (tertiary/aromatic N) is 4. The summed E-state index contributed by atoms with van der Waals surface area (Å²) in [5, 5.41) is 4.39. The maximum absolute atomic E-state index is 12.4. The molecule has 6 nitrogen and oxygen atoms in total. The molecule has 2 aromatic rings. The molecule has 0 spiro atoms. The number of nitrogens with two attached hydrogens (primary N) is 1. The van der Waals surface area contributed by atoms with E-state index in [0.717, 1.165) is 51.3 Å². The van der Waals surface area contributed by atoms with Crippen LogP contribution in [0.1, 0.15) is 29.7 Å². The Labute approximate surface area is 167 Å². The Hall–Kier alpha value is -2.60. The molecule has 0 radical (unpaired) electrons. The highest BCUT2D eigenvalue weighted by molar-refractivity contribution is 5.63. The Morgan fingerprint density at radius 1 is 1.11 bits per heavy atom. The molecule has 0 aliphatic carbocycles. The van der Waals surface area contributed by atoms with Crippen molar-refractivity contribution >= 4 is 17.5 Å². The largest absolute Gasteiger partial charge is 0.394 e. The smallest absolute Gasteiger partial charge is 0.290 e. The van der Waals surface area contributed by atoms with Gasteiger partial charge < -0.3 is 15.5 Å². The van der Waals surface area contributed by atoms with Crippen LogP contribution in [0.15, 0.2) is 35.6 Å². The van der Waals surface area contributed by atoms with Crippen LogP contribution in [-0.2, 0) is 6.54 Å². The zero-order chi connectivity index (χ0) is 20.1. The van der Waals surface area contributed by atoms with Crippen molar-refractivity contribution in [3.05, 3.63) is 58.0 Å². The highest BCUT2D eigenvalue weighted by Crippen LogP contribution is 2.17. The third-order valence-electron chi connectivity index (χ3n) is 5.45. The lowest BCUT2D eigenvalue weighted by Gasteiger charge is -2.24. The number of aromatic nitrogens is 2. The van der Waals surface area contributed by atoms with Gasteiger partial charge >= 0.3 is 0 Å². The van der Waals surface area contributed by atoms with E-state index in [1.807, 2.05) is 6.92 Å². The quantitative estimate of drug-likeness (QED) is 0.833. The second kappa shape index (κ2) is 9.06. The van der Waals surface area contributed by atoms with E-state index in [2.05, 4.69) is 52.7 Å². The second-order valence-corrected chi connectivity index (χ2v) is 7.52. The summed E-state index contributed by atoms with van der Waals surface area (Å²) in [5.74, 6) is 0. The van der Waals surface area contributed by atoms with Crippen LogP contribution in [0.3, 0.4) is 0 Å². The minimum Gasteiger partial charge on any atom is -0.394 e. The summed E-state index contributed by atoms with van der Waals surface area (Å²) in [4.78, 5) is 17.3. The highest BCUT2D eigenvalue weighted by atomic mass is 16.1. The fourth-order valence-corrected chi connectivity index (χ4v) is 3.79. The molecule has 2 heterocycles. The minimum atomic E-state index is -0.220. The molecule has 1 aliphatic rings. The third-order valence-corrected chi connectivity index (χ3v) is 5.45. The van der Waals surface area contributed by atoms with E-state index in [-0.39, 0.29) is 11.2 Å². The molecule has 1 fully saturated rings. The van der Waals surface area contributed by atoms with Gasteiger partial charge in [0, 0.05) is 37.4 Å². The van der Waals surface area contributed by atoms with Crippen molar-refractivity contribution in [2.45, 2.75) is 33.2 Å². The van der Waals surface area contributed by atoms with Gasteiger partial charge in [-0.15, -0.1) is 0 Å². The molecule has 0 atom stereocenters. The first kappa shape index (κ1) is 20.1. The van der Waals surface area contributed by atoms with Gasteiger partial charge in [-0.25, -0.2) is 4.68 Å². The zero-order valence-corrected chi connectivity index (χ0v) is 17.0. The highest BCUT2D eigenvalue weighted by Gasteiger charge is 2.15. The van der Waals surface area contributed by atoms with Crippen molar-refractivity contribution in [1.82, 2.24) is 14.7 Å². The number of hydrogen-bond acceptors (Lipinski definition) is 5. The van der Waals surface area contributed by atoms with Crippen LogP contribution >= 0.6 is 0 Å². The lowest BCUT2D eigenvalue weighted by Crippen LogP contribution is -2.33. The van der Waals surface area contributed by atoms with Crippen LogP contribution in [0.5, 0.6) is 0 Å². The monoisotopic (exact) mass is 381 g/mol. The van der Waals surface area contributed by atoms with Crippen LogP contribution < -0.4 is 16.2 Å². The summed E-state index contributed by atoms with van der Waals surface area (Å²) in [5.41, 5.74) is 9.95. The lowest BCUT2D eigenvalue weighted by atomic mass is 10.2. The summed E-state index contributed by atoms with van der Waals surface area (Å²) in [6, 6.07) is 8.77. The molecule has 0 saturated carbocycles. The van der Waals surface area contributed by atoms with Gasteiger partial charge in [0.2, 0.25) is 0 Å². The van der Waals surface area contributed by atoms with Crippen molar-refractivity contribution in [1.29, 1.82) is 0 Å². The molecule has 0 bridgehead atoms. The number of benzene rings is 1. The fraction of sp³-hybridized carbons (Fsp3) is 0.455.